The molecule has 9 heteroatoms. The minimum atomic E-state index is -3.73. The summed E-state index contributed by atoms with van der Waals surface area (Å²) in [6.07, 6.45) is 0. The molecule has 0 amide bonds. The quantitative estimate of drug-likeness (QED) is 0.632. The minimum Gasteiger partial charge on any atom is -0.462 e. The van der Waals surface area contributed by atoms with Crippen LogP contribution in [-0.2, 0) is 14.8 Å². The summed E-state index contributed by atoms with van der Waals surface area (Å²) in [5, 5.41) is 7.74. The Kier molecular flexibility index (Phi) is 5.18. The van der Waals surface area contributed by atoms with E-state index >= 15 is 0 Å². The van der Waals surface area contributed by atoms with Crippen molar-refractivity contribution in [3.8, 4) is 22.0 Å². The fourth-order valence-electron chi connectivity index (χ4n) is 2.82. The number of nitrogens with one attached hydrogen (secondary N) is 1. The van der Waals surface area contributed by atoms with E-state index in [0.29, 0.717) is 17.9 Å². The number of sulfonamides is 1. The van der Waals surface area contributed by atoms with Gasteiger partial charge in [-0.05, 0) is 38.5 Å². The standard InChI is InChI=1S/C18H19N3O4S2/c1-4-25-18(22)15-10(2)16(20-11(15)3)14-9-26-17(21-14)12-5-7-13(8-6-12)27(19,23)24/h5-9,20H,4H2,1-3H3,(H2,19,23,24). The Balaban J connectivity index is 1.95. The van der Waals surface area contributed by atoms with Crippen LogP contribution >= 0.6 is 11.3 Å². The number of hydrogen-bond acceptors (Lipinski definition) is 6. The maximum Gasteiger partial charge on any atom is 0.340 e. The number of nitrogens with two attached hydrogens (primary N) is 1. The molecule has 0 unspecified atom stereocenters. The second-order valence-electron chi connectivity index (χ2n) is 5.95. The molecule has 27 heavy (non-hydrogen) atoms. The van der Waals surface area contributed by atoms with Crippen LogP contribution in [0, 0.1) is 13.8 Å². The van der Waals surface area contributed by atoms with Crippen molar-refractivity contribution in [1.29, 1.82) is 0 Å². The summed E-state index contributed by atoms with van der Waals surface area (Å²) in [6.45, 7) is 5.75. The number of esters is 1. The van der Waals surface area contributed by atoms with Crippen LogP contribution in [-0.4, -0.2) is 31.0 Å². The van der Waals surface area contributed by atoms with Crippen molar-refractivity contribution in [2.45, 2.75) is 25.7 Å². The number of primary sulfonamides is 1. The Morgan fingerprint density at radius 3 is 2.52 bits per heavy atom. The molecule has 0 fully saturated rings. The third kappa shape index (κ3) is 3.80. The molecule has 0 bridgehead atoms. The lowest BCUT2D eigenvalue weighted by Gasteiger charge is -2.02. The van der Waals surface area contributed by atoms with E-state index in [0.717, 1.165) is 27.5 Å². The normalized spacial score (nSPS) is 11.6. The third-order valence-electron chi connectivity index (χ3n) is 4.11. The van der Waals surface area contributed by atoms with Crippen LogP contribution in [0.25, 0.3) is 22.0 Å². The van der Waals surface area contributed by atoms with Gasteiger partial charge in [0.1, 0.15) is 5.01 Å². The molecule has 2 aromatic heterocycles. The lowest BCUT2D eigenvalue weighted by molar-refractivity contribution is 0.0525. The molecule has 0 aliphatic heterocycles. The van der Waals surface area contributed by atoms with E-state index in [2.05, 4.69) is 9.97 Å². The molecular formula is C18H19N3O4S2. The van der Waals surface area contributed by atoms with E-state index < -0.39 is 10.0 Å². The van der Waals surface area contributed by atoms with Gasteiger partial charge in [0.05, 0.1) is 28.5 Å². The van der Waals surface area contributed by atoms with Crippen molar-refractivity contribution in [2.24, 2.45) is 5.14 Å². The van der Waals surface area contributed by atoms with Gasteiger partial charge in [0.15, 0.2) is 0 Å². The largest absolute Gasteiger partial charge is 0.462 e. The second-order valence-corrected chi connectivity index (χ2v) is 8.37. The van der Waals surface area contributed by atoms with Gasteiger partial charge in [-0.3, -0.25) is 0 Å². The number of H-pyrrole nitrogens is 1. The van der Waals surface area contributed by atoms with Crippen LogP contribution in [0.4, 0.5) is 0 Å². The van der Waals surface area contributed by atoms with Gasteiger partial charge in [-0.15, -0.1) is 11.3 Å². The van der Waals surface area contributed by atoms with E-state index in [1.54, 1.807) is 19.1 Å². The van der Waals surface area contributed by atoms with Gasteiger partial charge in [0, 0.05) is 16.6 Å². The molecule has 0 saturated carbocycles. The molecule has 0 saturated heterocycles. The van der Waals surface area contributed by atoms with E-state index in [1.165, 1.54) is 23.5 Å². The van der Waals surface area contributed by atoms with Gasteiger partial charge in [-0.1, -0.05) is 12.1 Å². The first-order valence-corrected chi connectivity index (χ1v) is 10.6. The van der Waals surface area contributed by atoms with Gasteiger partial charge < -0.3 is 9.72 Å². The van der Waals surface area contributed by atoms with Gasteiger partial charge in [-0.25, -0.2) is 23.3 Å². The summed E-state index contributed by atoms with van der Waals surface area (Å²) in [6, 6.07) is 6.24. The third-order valence-corrected chi connectivity index (χ3v) is 5.93. The predicted octanol–water partition coefficient (Wildman–Crippen LogP) is 3.25. The summed E-state index contributed by atoms with van der Waals surface area (Å²) < 4.78 is 27.8. The Morgan fingerprint density at radius 1 is 1.26 bits per heavy atom. The molecular weight excluding hydrogens is 386 g/mol. The van der Waals surface area contributed by atoms with Crippen molar-refractivity contribution >= 4 is 27.3 Å². The number of aromatic nitrogens is 2. The Hall–Kier alpha value is -2.49. The van der Waals surface area contributed by atoms with Crippen molar-refractivity contribution in [1.82, 2.24) is 9.97 Å². The van der Waals surface area contributed by atoms with Crippen LogP contribution in [0.1, 0.15) is 28.5 Å². The number of aryl methyl sites for hydroxylation is 1. The number of carbonyl (C=O) groups excluding carboxylic acids is 1. The maximum atomic E-state index is 12.2. The highest BCUT2D eigenvalue weighted by atomic mass is 32.2. The Morgan fingerprint density at radius 2 is 1.93 bits per heavy atom. The van der Waals surface area contributed by atoms with Gasteiger partial charge in [0.2, 0.25) is 10.0 Å². The van der Waals surface area contributed by atoms with E-state index in [9.17, 15) is 13.2 Å². The average Bonchev–Trinajstić information content (AvgIpc) is 3.19. The van der Waals surface area contributed by atoms with Crippen molar-refractivity contribution in [3.05, 3.63) is 46.5 Å². The predicted molar refractivity (Wildman–Crippen MR) is 104 cm³/mol. The number of rotatable bonds is 5. The molecule has 0 aliphatic rings. The van der Waals surface area contributed by atoms with E-state index in [4.69, 9.17) is 9.88 Å². The smallest absolute Gasteiger partial charge is 0.340 e. The Bertz CT molecular complexity index is 1100. The van der Waals surface area contributed by atoms with Crippen molar-refractivity contribution in [2.75, 3.05) is 6.61 Å². The fourth-order valence-corrected chi connectivity index (χ4v) is 4.16. The fraction of sp³-hybridized carbons (Fsp3) is 0.222. The van der Waals surface area contributed by atoms with Gasteiger partial charge >= 0.3 is 5.97 Å². The number of nitrogens with zero attached hydrogens (tertiary/aromatic N) is 1. The topological polar surface area (TPSA) is 115 Å². The number of benzene rings is 1. The zero-order chi connectivity index (χ0) is 19.8. The van der Waals surface area contributed by atoms with Crippen LogP contribution in [0.3, 0.4) is 0 Å². The van der Waals surface area contributed by atoms with Gasteiger partial charge in [0.25, 0.3) is 0 Å². The number of carbonyl (C=O) groups is 1. The number of aromatic amines is 1. The maximum absolute atomic E-state index is 12.2. The van der Waals surface area contributed by atoms with Crippen LogP contribution in [0.2, 0.25) is 0 Å². The van der Waals surface area contributed by atoms with Gasteiger partial charge in [-0.2, -0.15) is 0 Å². The average molecular weight is 406 g/mol. The SMILES string of the molecule is CCOC(=O)c1c(C)[nH]c(-c2csc(-c3ccc(S(N)(=O)=O)cc3)n2)c1C. The number of hydrogen-bond donors (Lipinski definition) is 2. The summed E-state index contributed by atoms with van der Waals surface area (Å²) in [5.41, 5.74) is 4.30. The van der Waals surface area contributed by atoms with Crippen LogP contribution < -0.4 is 5.14 Å². The first kappa shape index (κ1) is 19.3. The first-order valence-electron chi connectivity index (χ1n) is 8.17. The molecule has 0 spiro atoms. The summed E-state index contributed by atoms with van der Waals surface area (Å²) in [7, 11) is -3.73. The molecule has 0 aliphatic carbocycles. The molecule has 3 aromatic rings. The van der Waals surface area contributed by atoms with E-state index in [1.807, 2.05) is 19.2 Å². The monoisotopic (exact) mass is 405 g/mol. The lowest BCUT2D eigenvalue weighted by atomic mass is 10.1. The first-order chi connectivity index (χ1) is 12.7. The molecule has 3 N–H and O–H groups in total. The molecule has 142 valence electrons. The molecule has 3 rings (SSSR count). The summed E-state index contributed by atoms with van der Waals surface area (Å²) in [5.74, 6) is -0.357. The van der Waals surface area contributed by atoms with Crippen LogP contribution in [0.15, 0.2) is 34.5 Å². The van der Waals surface area contributed by atoms with Crippen LogP contribution in [0.5, 0.6) is 0 Å². The second kappa shape index (κ2) is 7.26. The van der Waals surface area contributed by atoms with Crippen molar-refractivity contribution < 1.29 is 17.9 Å². The highest BCUT2D eigenvalue weighted by molar-refractivity contribution is 7.89. The summed E-state index contributed by atoms with van der Waals surface area (Å²) >= 11 is 1.43. The Labute approximate surface area is 161 Å². The lowest BCUT2D eigenvalue weighted by Crippen LogP contribution is -2.11. The number of thiazole rings is 1. The summed E-state index contributed by atoms with van der Waals surface area (Å²) in [4.78, 5) is 20.0. The number of ether oxygens (including phenoxy) is 1. The molecule has 7 nitrogen and oxygen atoms in total. The highest BCUT2D eigenvalue weighted by Crippen LogP contribution is 2.32. The zero-order valence-corrected chi connectivity index (χ0v) is 16.7. The minimum absolute atomic E-state index is 0.0537. The molecule has 2 heterocycles. The van der Waals surface area contributed by atoms with E-state index in [-0.39, 0.29) is 10.9 Å². The zero-order valence-electron chi connectivity index (χ0n) is 15.1. The highest BCUT2D eigenvalue weighted by Gasteiger charge is 2.21. The molecule has 0 radical (unpaired) electrons. The molecule has 0 atom stereocenters. The van der Waals surface area contributed by atoms with Crippen molar-refractivity contribution in [3.63, 3.8) is 0 Å². The molecule has 1 aromatic carbocycles.